The van der Waals surface area contributed by atoms with Crippen LogP contribution >= 0.6 is 0 Å². The highest BCUT2D eigenvalue weighted by molar-refractivity contribution is 5.92. The van der Waals surface area contributed by atoms with Crippen LogP contribution in [-0.4, -0.2) is 94.2 Å². The van der Waals surface area contributed by atoms with Crippen molar-refractivity contribution in [2.45, 2.75) is 149 Å². The molecule has 9 nitrogen and oxygen atoms in total. The molecule has 5 fully saturated rings. The van der Waals surface area contributed by atoms with E-state index in [1.54, 1.807) is 6.92 Å². The molecule has 0 unspecified atom stereocenters. The highest BCUT2D eigenvalue weighted by Crippen LogP contribution is 2.66. The Morgan fingerprint density at radius 1 is 0.809 bits per heavy atom. The van der Waals surface area contributed by atoms with E-state index in [-0.39, 0.29) is 58.6 Å². The molecule has 5 rings (SSSR count). The van der Waals surface area contributed by atoms with Gasteiger partial charge in [0.05, 0.1) is 12.2 Å². The second kappa shape index (κ2) is 14.6. The number of hydrogen-bond acceptors (Lipinski definition) is 6. The van der Waals surface area contributed by atoms with Gasteiger partial charge in [0, 0.05) is 38.6 Å². The Hall–Kier alpha value is -1.71. The van der Waals surface area contributed by atoms with E-state index in [2.05, 4.69) is 43.2 Å². The standard InChI is InChI=1S/C38H66N4O5/c1-8-34(45)39-29(19-23(2)3)35(46)40-30(20-24(4)5)36(47)42-17-15-41(16-18-42)31-22-38(7)25(21-32(31)43)9-10-26-27-11-12-33(44)37(27,6)14-13-28(26)38/h23-33,43-44H,8-22H2,1-7H3,(H,39,45)(H,40,46)/t25-,26-,27-,28-,29-,30-,31-,32-,33-,37-,38-/m0/s1. The molecule has 9 heteroatoms. The van der Waals surface area contributed by atoms with Crippen LogP contribution < -0.4 is 10.6 Å². The SMILES string of the molecule is CCC(=O)N[C@@H](CC(C)C)C(=O)N[C@@H](CC(C)C)C(=O)N1CCN([C@H]2C[C@@]3(C)[C@@H](CC[C@@H]4[C@@H]3CC[C@]3(C)[C@@H](O)CC[C@@H]43)C[C@@H]2O)CC1. The predicted octanol–water partition coefficient (Wildman–Crippen LogP) is 4.35. The molecule has 47 heavy (non-hydrogen) atoms. The van der Waals surface area contributed by atoms with Gasteiger partial charge < -0.3 is 25.7 Å². The number of rotatable bonds is 10. The molecule has 1 aliphatic heterocycles. The van der Waals surface area contributed by atoms with Crippen molar-refractivity contribution < 1.29 is 24.6 Å². The molecule has 0 aromatic rings. The van der Waals surface area contributed by atoms with Crippen molar-refractivity contribution in [3.8, 4) is 0 Å². The van der Waals surface area contributed by atoms with Crippen LogP contribution in [0.5, 0.6) is 0 Å². The molecule has 3 amide bonds. The molecule has 0 radical (unpaired) electrons. The highest BCUT2D eigenvalue weighted by atomic mass is 16.3. The maximum Gasteiger partial charge on any atom is 0.245 e. The zero-order valence-electron chi connectivity index (χ0n) is 30.5. The van der Waals surface area contributed by atoms with Gasteiger partial charge in [-0.3, -0.25) is 19.3 Å². The zero-order chi connectivity index (χ0) is 34.3. The second-order valence-electron chi connectivity index (χ2n) is 17.5. The summed E-state index contributed by atoms with van der Waals surface area (Å²) >= 11 is 0. The van der Waals surface area contributed by atoms with Crippen LogP contribution in [0, 0.1) is 46.3 Å². The largest absolute Gasteiger partial charge is 0.393 e. The number of nitrogens with one attached hydrogen (secondary N) is 2. The van der Waals surface area contributed by atoms with Crippen molar-refractivity contribution in [3.63, 3.8) is 0 Å². The first-order chi connectivity index (χ1) is 22.2. The fourth-order valence-corrected chi connectivity index (χ4v) is 11.1. The van der Waals surface area contributed by atoms with Crippen LogP contribution in [-0.2, 0) is 14.4 Å². The van der Waals surface area contributed by atoms with Gasteiger partial charge in [-0.05, 0) is 111 Å². The number of fused-ring (bicyclic) bond motifs is 5. The van der Waals surface area contributed by atoms with Gasteiger partial charge in [0.25, 0.3) is 0 Å². The number of piperazine rings is 1. The van der Waals surface area contributed by atoms with Crippen molar-refractivity contribution in [1.82, 2.24) is 20.4 Å². The normalized spacial score (nSPS) is 38.7. The molecular weight excluding hydrogens is 592 g/mol. The summed E-state index contributed by atoms with van der Waals surface area (Å²) in [6, 6.07) is -1.19. The lowest BCUT2D eigenvalue weighted by molar-refractivity contribution is -0.157. The van der Waals surface area contributed by atoms with Crippen LogP contribution in [0.4, 0.5) is 0 Å². The minimum absolute atomic E-state index is 0.0489. The Labute approximate surface area is 284 Å². The Kier molecular flexibility index (Phi) is 11.4. The third-order valence-electron chi connectivity index (χ3n) is 13.7. The monoisotopic (exact) mass is 659 g/mol. The van der Waals surface area contributed by atoms with Gasteiger partial charge in [0.15, 0.2) is 0 Å². The summed E-state index contributed by atoms with van der Waals surface area (Å²) in [5, 5.41) is 28.3. The summed E-state index contributed by atoms with van der Waals surface area (Å²) in [4.78, 5) is 43.8. The molecule has 4 saturated carbocycles. The summed E-state index contributed by atoms with van der Waals surface area (Å²) in [6.07, 6.45) is 9.58. The molecule has 0 aromatic heterocycles. The first kappa shape index (κ1) is 36.6. The average Bonchev–Trinajstić information content (AvgIpc) is 3.33. The third kappa shape index (κ3) is 7.42. The third-order valence-corrected chi connectivity index (χ3v) is 13.7. The first-order valence-corrected chi connectivity index (χ1v) is 19.2. The van der Waals surface area contributed by atoms with Crippen molar-refractivity contribution in [2.24, 2.45) is 46.3 Å². The smallest absolute Gasteiger partial charge is 0.245 e. The Morgan fingerprint density at radius 2 is 1.45 bits per heavy atom. The highest BCUT2D eigenvalue weighted by Gasteiger charge is 2.61. The topological polar surface area (TPSA) is 122 Å². The van der Waals surface area contributed by atoms with Gasteiger partial charge in [0.2, 0.25) is 17.7 Å². The molecule has 5 aliphatic rings. The van der Waals surface area contributed by atoms with E-state index in [4.69, 9.17) is 0 Å². The van der Waals surface area contributed by atoms with Crippen molar-refractivity contribution in [3.05, 3.63) is 0 Å². The van der Waals surface area contributed by atoms with Crippen molar-refractivity contribution in [1.29, 1.82) is 0 Å². The lowest BCUT2D eigenvalue weighted by Gasteiger charge is -2.62. The Bertz CT molecular complexity index is 1120. The number of carbonyl (C=O) groups is 3. The quantitative estimate of drug-likeness (QED) is 0.277. The number of nitrogens with zero attached hydrogens (tertiary/aromatic N) is 2. The minimum atomic E-state index is -0.657. The van der Waals surface area contributed by atoms with Gasteiger partial charge in [-0.1, -0.05) is 48.5 Å². The van der Waals surface area contributed by atoms with Crippen LogP contribution in [0.15, 0.2) is 0 Å². The zero-order valence-corrected chi connectivity index (χ0v) is 30.5. The lowest BCUT2D eigenvalue weighted by Crippen LogP contribution is -2.63. The number of carbonyl (C=O) groups excluding carboxylic acids is 3. The van der Waals surface area contributed by atoms with Gasteiger partial charge in [-0.25, -0.2) is 0 Å². The van der Waals surface area contributed by atoms with Crippen LogP contribution in [0.1, 0.15) is 119 Å². The average molecular weight is 659 g/mol. The molecular formula is C38H66N4O5. The molecule has 1 saturated heterocycles. The summed E-state index contributed by atoms with van der Waals surface area (Å²) in [5.74, 6) is 2.45. The molecule has 4 N–H and O–H groups in total. The van der Waals surface area contributed by atoms with E-state index in [1.165, 1.54) is 19.3 Å². The van der Waals surface area contributed by atoms with Crippen molar-refractivity contribution in [2.75, 3.05) is 26.2 Å². The number of hydrogen-bond donors (Lipinski definition) is 4. The van der Waals surface area contributed by atoms with E-state index in [0.717, 1.165) is 45.2 Å². The van der Waals surface area contributed by atoms with E-state index in [0.29, 0.717) is 56.0 Å². The molecule has 268 valence electrons. The summed E-state index contributed by atoms with van der Waals surface area (Å²) in [7, 11) is 0. The van der Waals surface area contributed by atoms with E-state index < -0.39 is 12.1 Å². The van der Waals surface area contributed by atoms with Crippen LogP contribution in [0.3, 0.4) is 0 Å². The van der Waals surface area contributed by atoms with Gasteiger partial charge >= 0.3 is 0 Å². The van der Waals surface area contributed by atoms with E-state index in [1.807, 2.05) is 18.7 Å². The van der Waals surface area contributed by atoms with Gasteiger partial charge in [0.1, 0.15) is 12.1 Å². The molecule has 0 spiro atoms. The number of aliphatic hydroxyl groups is 2. The van der Waals surface area contributed by atoms with E-state index in [9.17, 15) is 24.6 Å². The molecule has 1 heterocycles. The first-order valence-electron chi connectivity index (χ1n) is 19.2. The summed E-state index contributed by atoms with van der Waals surface area (Å²) < 4.78 is 0. The van der Waals surface area contributed by atoms with Gasteiger partial charge in [-0.15, -0.1) is 0 Å². The molecule has 4 aliphatic carbocycles. The molecule has 11 atom stereocenters. The molecule has 0 bridgehead atoms. The fraction of sp³-hybridized carbons (Fsp3) is 0.921. The van der Waals surface area contributed by atoms with E-state index >= 15 is 0 Å². The maximum atomic E-state index is 13.9. The number of aliphatic hydroxyl groups excluding tert-OH is 2. The maximum absolute atomic E-state index is 13.9. The minimum Gasteiger partial charge on any atom is -0.393 e. The Morgan fingerprint density at radius 3 is 2.09 bits per heavy atom. The summed E-state index contributed by atoms with van der Waals surface area (Å²) in [5.41, 5.74) is 0.271. The predicted molar refractivity (Wildman–Crippen MR) is 184 cm³/mol. The van der Waals surface area contributed by atoms with Gasteiger partial charge in [-0.2, -0.15) is 0 Å². The Balaban J connectivity index is 1.22. The van der Waals surface area contributed by atoms with Crippen LogP contribution in [0.2, 0.25) is 0 Å². The van der Waals surface area contributed by atoms with Crippen LogP contribution in [0.25, 0.3) is 0 Å². The lowest BCUT2D eigenvalue weighted by atomic mass is 9.44. The fourth-order valence-electron chi connectivity index (χ4n) is 11.1. The number of amides is 3. The molecule has 0 aromatic carbocycles. The van der Waals surface area contributed by atoms with Crippen molar-refractivity contribution >= 4 is 17.7 Å². The second-order valence-corrected chi connectivity index (χ2v) is 17.5. The summed E-state index contributed by atoms with van der Waals surface area (Å²) in [6.45, 7) is 17.4.